The first-order chi connectivity index (χ1) is 13.6. The number of carbonyl (C=O) groups excluding carboxylic acids is 1. The summed E-state index contributed by atoms with van der Waals surface area (Å²) in [6, 6.07) is 22.5. The summed E-state index contributed by atoms with van der Waals surface area (Å²) in [6.45, 7) is 2.30. The Bertz CT molecular complexity index is 1010. The van der Waals surface area contributed by atoms with Crippen LogP contribution >= 0.6 is 0 Å². The lowest BCUT2D eigenvalue weighted by Gasteiger charge is -2.21. The van der Waals surface area contributed by atoms with Crippen LogP contribution in [0, 0.1) is 5.41 Å². The SMILES string of the molecule is CCN(C(=O)/C=C/c1cccc(C=N)c1)c1ccc(-c2ccccc2)cc1O. The summed E-state index contributed by atoms with van der Waals surface area (Å²) in [6.07, 6.45) is 4.47. The van der Waals surface area contributed by atoms with Crippen molar-refractivity contribution < 1.29 is 9.90 Å². The van der Waals surface area contributed by atoms with Gasteiger partial charge in [0.2, 0.25) is 0 Å². The summed E-state index contributed by atoms with van der Waals surface area (Å²) in [4.78, 5) is 14.2. The zero-order chi connectivity index (χ0) is 19.9. The molecule has 0 atom stereocenters. The van der Waals surface area contributed by atoms with E-state index in [1.807, 2.05) is 67.6 Å². The van der Waals surface area contributed by atoms with Crippen LogP contribution in [-0.2, 0) is 4.79 Å². The summed E-state index contributed by atoms with van der Waals surface area (Å²) in [5.74, 6) is -0.152. The van der Waals surface area contributed by atoms with E-state index in [0.29, 0.717) is 12.2 Å². The fourth-order valence-electron chi connectivity index (χ4n) is 3.02. The van der Waals surface area contributed by atoms with Gasteiger partial charge in [-0.1, -0.05) is 54.6 Å². The van der Waals surface area contributed by atoms with Gasteiger partial charge >= 0.3 is 0 Å². The molecule has 2 N–H and O–H groups in total. The molecule has 0 unspecified atom stereocenters. The number of amides is 1. The molecule has 4 nitrogen and oxygen atoms in total. The van der Waals surface area contributed by atoms with Gasteiger partial charge in [-0.05, 0) is 53.5 Å². The molecule has 4 heteroatoms. The molecule has 28 heavy (non-hydrogen) atoms. The lowest BCUT2D eigenvalue weighted by atomic mass is 10.0. The third-order valence-electron chi connectivity index (χ3n) is 4.45. The van der Waals surface area contributed by atoms with E-state index in [0.717, 1.165) is 22.3 Å². The minimum absolute atomic E-state index is 0.0655. The number of anilines is 1. The van der Waals surface area contributed by atoms with Crippen LogP contribution in [-0.4, -0.2) is 23.8 Å². The van der Waals surface area contributed by atoms with E-state index in [9.17, 15) is 9.90 Å². The second-order valence-electron chi connectivity index (χ2n) is 6.30. The molecule has 0 radical (unpaired) electrons. The number of hydrogen-bond donors (Lipinski definition) is 2. The lowest BCUT2D eigenvalue weighted by Crippen LogP contribution is -2.28. The summed E-state index contributed by atoms with van der Waals surface area (Å²) < 4.78 is 0. The van der Waals surface area contributed by atoms with Crippen molar-refractivity contribution in [3.63, 3.8) is 0 Å². The van der Waals surface area contributed by atoms with E-state index in [1.165, 1.54) is 17.2 Å². The lowest BCUT2D eigenvalue weighted by molar-refractivity contribution is -0.114. The zero-order valence-corrected chi connectivity index (χ0v) is 15.7. The highest BCUT2D eigenvalue weighted by molar-refractivity contribution is 6.04. The van der Waals surface area contributed by atoms with E-state index in [2.05, 4.69) is 0 Å². The summed E-state index contributed by atoms with van der Waals surface area (Å²) in [5.41, 5.74) is 3.99. The Morgan fingerprint density at radius 2 is 1.71 bits per heavy atom. The van der Waals surface area contributed by atoms with Gasteiger partial charge in [-0.15, -0.1) is 0 Å². The van der Waals surface area contributed by atoms with Crippen molar-refractivity contribution in [2.75, 3.05) is 11.4 Å². The summed E-state index contributed by atoms with van der Waals surface area (Å²) in [7, 11) is 0. The highest BCUT2D eigenvalue weighted by atomic mass is 16.3. The van der Waals surface area contributed by atoms with Gasteiger partial charge in [0.1, 0.15) is 5.75 Å². The molecule has 0 bridgehead atoms. The molecule has 0 aliphatic carbocycles. The average molecular weight is 370 g/mol. The Morgan fingerprint density at radius 1 is 0.964 bits per heavy atom. The van der Waals surface area contributed by atoms with Crippen molar-refractivity contribution in [3.8, 4) is 16.9 Å². The molecule has 0 saturated heterocycles. The number of nitrogens with one attached hydrogen (secondary N) is 1. The van der Waals surface area contributed by atoms with Crippen molar-refractivity contribution >= 4 is 23.9 Å². The smallest absolute Gasteiger partial charge is 0.251 e. The maximum atomic E-state index is 12.7. The Kier molecular flexibility index (Phi) is 6.02. The van der Waals surface area contributed by atoms with Crippen molar-refractivity contribution in [1.82, 2.24) is 0 Å². The monoisotopic (exact) mass is 370 g/mol. The quantitative estimate of drug-likeness (QED) is 0.467. The van der Waals surface area contributed by atoms with Gasteiger partial charge in [0.25, 0.3) is 5.91 Å². The van der Waals surface area contributed by atoms with Gasteiger partial charge in [-0.3, -0.25) is 4.79 Å². The number of benzene rings is 3. The molecular weight excluding hydrogens is 348 g/mol. The largest absolute Gasteiger partial charge is 0.506 e. The van der Waals surface area contributed by atoms with E-state index < -0.39 is 0 Å². The van der Waals surface area contributed by atoms with E-state index in [4.69, 9.17) is 5.41 Å². The summed E-state index contributed by atoms with van der Waals surface area (Å²) >= 11 is 0. The van der Waals surface area contributed by atoms with Crippen LogP contribution in [0.25, 0.3) is 17.2 Å². The number of hydrogen-bond acceptors (Lipinski definition) is 3. The normalized spacial score (nSPS) is 10.8. The number of nitrogens with zero attached hydrogens (tertiary/aromatic N) is 1. The predicted molar refractivity (Wildman–Crippen MR) is 115 cm³/mol. The molecule has 3 aromatic rings. The van der Waals surface area contributed by atoms with Crippen molar-refractivity contribution in [1.29, 1.82) is 5.41 Å². The molecule has 0 aliphatic heterocycles. The first-order valence-electron chi connectivity index (χ1n) is 9.11. The predicted octanol–water partition coefficient (Wildman–Crippen LogP) is 5.12. The highest BCUT2D eigenvalue weighted by Crippen LogP contribution is 2.32. The highest BCUT2D eigenvalue weighted by Gasteiger charge is 2.15. The van der Waals surface area contributed by atoms with Gasteiger partial charge in [0.15, 0.2) is 0 Å². The third-order valence-corrected chi connectivity index (χ3v) is 4.45. The number of rotatable bonds is 6. The number of carbonyl (C=O) groups is 1. The second-order valence-corrected chi connectivity index (χ2v) is 6.30. The number of phenolic OH excluding ortho intramolecular Hbond substituents is 1. The average Bonchev–Trinajstić information content (AvgIpc) is 2.74. The van der Waals surface area contributed by atoms with Crippen molar-refractivity contribution in [2.45, 2.75) is 6.92 Å². The second kappa shape index (κ2) is 8.82. The van der Waals surface area contributed by atoms with Crippen LogP contribution in [0.5, 0.6) is 5.75 Å². The number of likely N-dealkylation sites (N-methyl/N-ethyl adjacent to an activating group) is 1. The van der Waals surface area contributed by atoms with Crippen LogP contribution in [0.1, 0.15) is 18.1 Å². The van der Waals surface area contributed by atoms with E-state index in [1.54, 1.807) is 18.2 Å². The summed E-state index contributed by atoms with van der Waals surface area (Å²) in [5, 5.41) is 17.8. The van der Waals surface area contributed by atoms with Crippen LogP contribution in [0.3, 0.4) is 0 Å². The molecular formula is C24H22N2O2. The molecule has 0 aliphatic rings. The molecule has 0 fully saturated rings. The standard InChI is InChI=1S/C24H22N2O2/c1-2-26(24(28)14-11-18-7-6-8-19(15-18)17-25)22-13-12-21(16-23(22)27)20-9-4-3-5-10-20/h3-17,25,27H,2H2,1H3/b14-11+,25-17?. The first-order valence-corrected chi connectivity index (χ1v) is 9.11. The van der Waals surface area contributed by atoms with Crippen LogP contribution in [0.15, 0.2) is 78.9 Å². The van der Waals surface area contributed by atoms with E-state index >= 15 is 0 Å². The van der Waals surface area contributed by atoms with Crippen LogP contribution < -0.4 is 4.90 Å². The molecule has 0 spiro atoms. The topological polar surface area (TPSA) is 64.4 Å². The Morgan fingerprint density at radius 3 is 2.39 bits per heavy atom. The van der Waals surface area contributed by atoms with Crippen molar-refractivity contribution in [2.24, 2.45) is 0 Å². The Hall–Kier alpha value is -3.66. The van der Waals surface area contributed by atoms with E-state index in [-0.39, 0.29) is 11.7 Å². The van der Waals surface area contributed by atoms with Gasteiger partial charge in [0.05, 0.1) is 5.69 Å². The Balaban J connectivity index is 1.83. The molecule has 3 rings (SSSR count). The maximum absolute atomic E-state index is 12.7. The number of aromatic hydroxyl groups is 1. The first kappa shape index (κ1) is 19.1. The molecule has 0 heterocycles. The Labute approximate surface area is 164 Å². The molecule has 0 aromatic heterocycles. The van der Waals surface area contributed by atoms with Gasteiger partial charge in [-0.2, -0.15) is 0 Å². The van der Waals surface area contributed by atoms with Gasteiger partial charge < -0.3 is 15.4 Å². The number of phenols is 1. The molecule has 1 amide bonds. The van der Waals surface area contributed by atoms with Gasteiger partial charge in [-0.25, -0.2) is 0 Å². The molecule has 0 saturated carbocycles. The minimum Gasteiger partial charge on any atom is -0.506 e. The van der Waals surface area contributed by atoms with Crippen LogP contribution in [0.2, 0.25) is 0 Å². The fourth-order valence-corrected chi connectivity index (χ4v) is 3.02. The fraction of sp³-hybridized carbons (Fsp3) is 0.0833. The minimum atomic E-state index is -0.217. The van der Waals surface area contributed by atoms with Gasteiger partial charge in [0, 0.05) is 18.8 Å². The zero-order valence-electron chi connectivity index (χ0n) is 15.7. The maximum Gasteiger partial charge on any atom is 0.251 e. The van der Waals surface area contributed by atoms with Crippen molar-refractivity contribution in [3.05, 3.63) is 90.0 Å². The molecule has 140 valence electrons. The van der Waals surface area contributed by atoms with Crippen LogP contribution in [0.4, 0.5) is 5.69 Å². The third kappa shape index (κ3) is 4.35. The molecule has 3 aromatic carbocycles.